The Morgan fingerprint density at radius 2 is 1.92 bits per heavy atom. The van der Waals surface area contributed by atoms with Gasteiger partial charge in [0.05, 0.1) is 18.5 Å². The van der Waals surface area contributed by atoms with Crippen molar-refractivity contribution in [2.75, 3.05) is 24.1 Å². The number of likely N-dealkylation sites (tertiary alicyclic amines) is 1. The molecule has 2 heterocycles. The van der Waals surface area contributed by atoms with E-state index in [-0.39, 0.29) is 11.9 Å². The maximum Gasteiger partial charge on any atom is 0.229 e. The molecule has 2 aromatic rings. The number of hydrogen-bond acceptors (Lipinski definition) is 5. The van der Waals surface area contributed by atoms with Gasteiger partial charge < -0.3 is 4.90 Å². The predicted molar refractivity (Wildman–Crippen MR) is 96.9 cm³/mol. The smallest absolute Gasteiger partial charge is 0.229 e. The topological polar surface area (TPSA) is 97.2 Å². The first-order valence-electron chi connectivity index (χ1n) is 8.65. The molecule has 1 N–H and O–H groups in total. The van der Waals surface area contributed by atoms with Crippen LogP contribution in [0, 0.1) is 5.92 Å². The van der Waals surface area contributed by atoms with Crippen LogP contribution in [0.5, 0.6) is 0 Å². The highest BCUT2D eigenvalue weighted by molar-refractivity contribution is 7.92. The number of carbonyl (C=O) groups is 1. The summed E-state index contributed by atoms with van der Waals surface area (Å²) in [7, 11) is -3.29. The van der Waals surface area contributed by atoms with Crippen molar-refractivity contribution in [1.82, 2.24) is 19.9 Å². The monoisotopic (exact) mass is 375 g/mol. The van der Waals surface area contributed by atoms with Crippen LogP contribution < -0.4 is 4.72 Å². The molecular weight excluding hydrogens is 354 g/mol. The lowest BCUT2D eigenvalue weighted by atomic mass is 10.1. The first-order valence-corrected chi connectivity index (χ1v) is 10.5. The Bertz CT molecular complexity index is 912. The van der Waals surface area contributed by atoms with Gasteiger partial charge in [0.15, 0.2) is 0 Å². The van der Waals surface area contributed by atoms with Crippen LogP contribution in [0.15, 0.2) is 30.5 Å². The molecule has 138 valence electrons. The summed E-state index contributed by atoms with van der Waals surface area (Å²) in [6, 6.07) is 7.15. The molecule has 9 heteroatoms. The van der Waals surface area contributed by atoms with Crippen LogP contribution in [0.4, 0.5) is 5.69 Å². The second kappa shape index (κ2) is 6.39. The molecule has 2 fully saturated rings. The van der Waals surface area contributed by atoms with Gasteiger partial charge in [-0.15, -0.1) is 5.10 Å². The average molecular weight is 375 g/mol. The van der Waals surface area contributed by atoms with Gasteiger partial charge in [-0.05, 0) is 30.9 Å². The maximum absolute atomic E-state index is 12.0. The Morgan fingerprint density at radius 3 is 2.54 bits per heavy atom. The second-order valence-corrected chi connectivity index (χ2v) is 8.88. The van der Waals surface area contributed by atoms with E-state index in [1.807, 2.05) is 11.1 Å². The van der Waals surface area contributed by atoms with E-state index in [9.17, 15) is 13.2 Å². The summed E-state index contributed by atoms with van der Waals surface area (Å²) in [5.41, 5.74) is 2.09. The van der Waals surface area contributed by atoms with Gasteiger partial charge in [-0.1, -0.05) is 17.3 Å². The third-order valence-electron chi connectivity index (χ3n) is 4.74. The van der Waals surface area contributed by atoms with Crippen LogP contribution in [-0.4, -0.2) is 53.6 Å². The van der Waals surface area contributed by atoms with E-state index in [2.05, 4.69) is 15.0 Å². The number of carbonyl (C=O) groups excluding carboxylic acids is 1. The van der Waals surface area contributed by atoms with Crippen molar-refractivity contribution in [3.8, 4) is 11.3 Å². The minimum Gasteiger partial charge on any atom is -0.338 e. The lowest BCUT2D eigenvalue weighted by Gasteiger charge is -2.39. The van der Waals surface area contributed by atoms with Gasteiger partial charge in [-0.25, -0.2) is 13.1 Å². The third kappa shape index (κ3) is 3.87. The largest absolute Gasteiger partial charge is 0.338 e. The van der Waals surface area contributed by atoms with Crippen molar-refractivity contribution in [2.45, 2.75) is 25.3 Å². The SMILES string of the molecule is CS(=O)(=O)Nc1ccc(-c2cn(C3CN(C(=O)CC4CC4)C3)nn2)cc1. The standard InChI is InChI=1S/C17H21N5O3S/c1-26(24,25)19-14-6-4-13(5-7-14)16-11-22(20-18-16)15-9-21(10-15)17(23)8-12-2-3-12/h4-7,11-12,15,19H,2-3,8-10H2,1H3. The summed E-state index contributed by atoms with van der Waals surface area (Å²) in [6.45, 7) is 1.37. The van der Waals surface area contributed by atoms with Crippen molar-refractivity contribution < 1.29 is 13.2 Å². The fraction of sp³-hybridized carbons (Fsp3) is 0.471. The second-order valence-electron chi connectivity index (χ2n) is 7.14. The highest BCUT2D eigenvalue weighted by Crippen LogP contribution is 2.34. The summed E-state index contributed by atoms with van der Waals surface area (Å²) < 4.78 is 26.7. The highest BCUT2D eigenvalue weighted by Gasteiger charge is 2.35. The Kier molecular flexibility index (Phi) is 4.18. The van der Waals surface area contributed by atoms with E-state index in [1.165, 1.54) is 12.8 Å². The number of nitrogens with one attached hydrogen (secondary N) is 1. The third-order valence-corrected chi connectivity index (χ3v) is 5.35. The van der Waals surface area contributed by atoms with Crippen LogP contribution in [0.3, 0.4) is 0 Å². The molecule has 1 amide bonds. The van der Waals surface area contributed by atoms with E-state index < -0.39 is 10.0 Å². The molecule has 1 aliphatic carbocycles. The first-order chi connectivity index (χ1) is 12.4. The van der Waals surface area contributed by atoms with Crippen LogP contribution in [0.25, 0.3) is 11.3 Å². The number of sulfonamides is 1. The average Bonchev–Trinajstić information content (AvgIpc) is 3.19. The molecule has 1 saturated heterocycles. The van der Waals surface area contributed by atoms with E-state index in [4.69, 9.17) is 0 Å². The molecule has 0 spiro atoms. The lowest BCUT2D eigenvalue weighted by molar-refractivity contribution is -0.137. The lowest BCUT2D eigenvalue weighted by Crippen LogP contribution is -2.51. The number of aromatic nitrogens is 3. The molecule has 0 atom stereocenters. The molecule has 0 radical (unpaired) electrons. The Hall–Kier alpha value is -2.42. The predicted octanol–water partition coefficient (Wildman–Crippen LogP) is 1.50. The molecular formula is C17H21N5O3S. The summed E-state index contributed by atoms with van der Waals surface area (Å²) in [4.78, 5) is 13.9. The number of rotatable bonds is 6. The van der Waals surface area contributed by atoms with E-state index in [1.54, 1.807) is 28.9 Å². The fourth-order valence-corrected chi connectivity index (χ4v) is 3.60. The quantitative estimate of drug-likeness (QED) is 0.825. The van der Waals surface area contributed by atoms with Crippen molar-refractivity contribution >= 4 is 21.6 Å². The first kappa shape index (κ1) is 17.0. The van der Waals surface area contributed by atoms with Crippen LogP contribution in [-0.2, 0) is 14.8 Å². The number of benzene rings is 1. The Morgan fingerprint density at radius 1 is 1.23 bits per heavy atom. The van der Waals surface area contributed by atoms with E-state index in [0.29, 0.717) is 31.1 Å². The summed E-state index contributed by atoms with van der Waals surface area (Å²) in [5, 5.41) is 8.37. The summed E-state index contributed by atoms with van der Waals surface area (Å²) >= 11 is 0. The van der Waals surface area contributed by atoms with Crippen LogP contribution >= 0.6 is 0 Å². The van der Waals surface area contributed by atoms with E-state index >= 15 is 0 Å². The number of anilines is 1. The molecule has 2 aliphatic rings. The fourth-order valence-electron chi connectivity index (χ4n) is 3.03. The molecule has 26 heavy (non-hydrogen) atoms. The van der Waals surface area contributed by atoms with Gasteiger partial charge in [-0.3, -0.25) is 9.52 Å². The van der Waals surface area contributed by atoms with Crippen molar-refractivity contribution in [2.24, 2.45) is 5.92 Å². The summed E-state index contributed by atoms with van der Waals surface area (Å²) in [6.07, 6.45) is 6.04. The Balaban J connectivity index is 1.37. The van der Waals surface area contributed by atoms with Crippen molar-refractivity contribution in [1.29, 1.82) is 0 Å². The van der Waals surface area contributed by atoms with Gasteiger partial charge in [0.2, 0.25) is 15.9 Å². The van der Waals surface area contributed by atoms with Gasteiger partial charge in [0.1, 0.15) is 5.69 Å². The minimum absolute atomic E-state index is 0.172. The normalized spacial score (nSPS) is 17.8. The molecule has 0 bridgehead atoms. The van der Waals surface area contributed by atoms with Crippen molar-refractivity contribution in [3.63, 3.8) is 0 Å². The molecule has 4 rings (SSSR count). The van der Waals surface area contributed by atoms with Crippen LogP contribution in [0.2, 0.25) is 0 Å². The van der Waals surface area contributed by atoms with Crippen molar-refractivity contribution in [3.05, 3.63) is 30.5 Å². The van der Waals surface area contributed by atoms with Crippen LogP contribution in [0.1, 0.15) is 25.3 Å². The molecule has 1 saturated carbocycles. The van der Waals surface area contributed by atoms with E-state index in [0.717, 1.165) is 17.5 Å². The highest BCUT2D eigenvalue weighted by atomic mass is 32.2. The van der Waals surface area contributed by atoms with Gasteiger partial charge in [0.25, 0.3) is 0 Å². The zero-order valence-corrected chi connectivity index (χ0v) is 15.3. The Labute approximate surface area is 152 Å². The summed E-state index contributed by atoms with van der Waals surface area (Å²) in [5.74, 6) is 0.859. The zero-order valence-electron chi connectivity index (χ0n) is 14.5. The minimum atomic E-state index is -3.29. The van der Waals surface area contributed by atoms with Gasteiger partial charge in [0, 0.05) is 30.8 Å². The maximum atomic E-state index is 12.0. The number of nitrogens with zero attached hydrogens (tertiary/aromatic N) is 4. The zero-order chi connectivity index (χ0) is 18.3. The molecule has 1 aromatic carbocycles. The molecule has 1 aliphatic heterocycles. The number of amides is 1. The van der Waals surface area contributed by atoms with Gasteiger partial charge in [-0.2, -0.15) is 0 Å². The molecule has 8 nitrogen and oxygen atoms in total. The number of hydrogen-bond donors (Lipinski definition) is 1. The molecule has 1 aromatic heterocycles. The molecule has 0 unspecified atom stereocenters. The van der Waals surface area contributed by atoms with Gasteiger partial charge >= 0.3 is 0 Å².